The van der Waals surface area contributed by atoms with Crippen LogP contribution >= 0.6 is 12.6 Å². The highest BCUT2D eigenvalue weighted by Crippen LogP contribution is 2.64. The predicted octanol–water partition coefficient (Wildman–Crippen LogP) is 7.88. The molecule has 0 aromatic heterocycles. The molecule has 0 aliphatic rings. The van der Waals surface area contributed by atoms with Crippen molar-refractivity contribution in [1.29, 1.82) is 0 Å². The van der Waals surface area contributed by atoms with Crippen molar-refractivity contribution >= 4 is 12.6 Å². The maximum Gasteiger partial charge on any atom is 0.460 e. The van der Waals surface area contributed by atoms with Crippen LogP contribution in [0.15, 0.2) is 0 Å². The van der Waals surface area contributed by atoms with Gasteiger partial charge in [-0.25, -0.2) is 0 Å². The van der Waals surface area contributed by atoms with Gasteiger partial charge in [-0.15, -0.1) is 0 Å². The van der Waals surface area contributed by atoms with Crippen molar-refractivity contribution in [2.45, 2.75) is 79.7 Å². The first-order valence-electron chi connectivity index (χ1n) is 8.13. The van der Waals surface area contributed by atoms with E-state index in [-0.39, 0.29) is 18.6 Å². The molecule has 0 amide bonds. The summed E-state index contributed by atoms with van der Waals surface area (Å²) in [6, 6.07) is 0. The molecule has 0 saturated carbocycles. The lowest BCUT2D eigenvalue weighted by Gasteiger charge is -2.42. The number of hydrogen-bond acceptors (Lipinski definition) is 1. The Kier molecular flexibility index (Phi) is 8.84. The van der Waals surface area contributed by atoms with E-state index in [1.165, 1.54) is 0 Å². The van der Waals surface area contributed by atoms with E-state index in [1.54, 1.807) is 0 Å². The van der Waals surface area contributed by atoms with Gasteiger partial charge in [-0.1, -0.05) is 12.8 Å². The molecule has 0 fully saturated rings. The maximum atomic E-state index is 13.5. The number of rotatable bonds is 12. The molecule has 0 atom stereocenters. The van der Waals surface area contributed by atoms with Crippen LogP contribution in [0.4, 0.5) is 74.6 Å². The van der Waals surface area contributed by atoms with E-state index in [0.717, 1.165) is 0 Å². The molecule has 0 aliphatic heterocycles. The maximum absolute atomic E-state index is 13.5. The Morgan fingerprint density at radius 2 is 0.688 bits per heavy atom. The van der Waals surface area contributed by atoms with Gasteiger partial charge in [-0.05, 0) is 18.6 Å². The van der Waals surface area contributed by atoms with Crippen molar-refractivity contribution in [3.05, 3.63) is 0 Å². The Morgan fingerprint density at radius 3 is 1.03 bits per heavy atom. The molecule has 0 aliphatic carbocycles. The molecule has 0 rings (SSSR count). The fourth-order valence-electron chi connectivity index (χ4n) is 2.17. The molecule has 0 radical (unpaired) electrons. The fraction of sp³-hybridized carbons (Fsp3) is 1.00. The zero-order valence-corrected chi connectivity index (χ0v) is 16.0. The number of thiol groups is 1. The second-order valence-electron chi connectivity index (χ2n) is 6.54. The average molecular weight is 536 g/mol. The minimum atomic E-state index is -8.57. The first-order valence-corrected chi connectivity index (χ1v) is 8.76. The van der Waals surface area contributed by atoms with Gasteiger partial charge < -0.3 is 0 Å². The summed E-state index contributed by atoms with van der Waals surface area (Å²) in [5, 5.41) is 0. The lowest BCUT2D eigenvalue weighted by molar-refractivity contribution is -0.461. The van der Waals surface area contributed by atoms with Crippen LogP contribution in [0, 0.1) is 0 Å². The monoisotopic (exact) mass is 536 g/mol. The summed E-state index contributed by atoms with van der Waals surface area (Å²) in [7, 11) is 0. The van der Waals surface area contributed by atoms with E-state index in [1.807, 2.05) is 0 Å². The third-order valence-electron chi connectivity index (χ3n) is 4.19. The number of halogens is 17. The summed E-state index contributed by atoms with van der Waals surface area (Å²) in [5.41, 5.74) is 0. The molecule has 0 unspecified atom stereocenters. The highest BCUT2D eigenvalue weighted by molar-refractivity contribution is 7.80. The van der Waals surface area contributed by atoms with Crippen molar-refractivity contribution in [1.82, 2.24) is 0 Å². The van der Waals surface area contributed by atoms with Gasteiger partial charge in [0, 0.05) is 6.42 Å². The Morgan fingerprint density at radius 1 is 0.375 bits per heavy atom. The lowest BCUT2D eigenvalue weighted by Crippen LogP contribution is -2.74. The van der Waals surface area contributed by atoms with Gasteiger partial charge in [0.1, 0.15) is 0 Å². The molecule has 32 heavy (non-hydrogen) atoms. The highest BCUT2D eigenvalue weighted by atomic mass is 32.1. The third kappa shape index (κ3) is 4.70. The highest BCUT2D eigenvalue weighted by Gasteiger charge is 2.95. The molecule has 18 heteroatoms. The average Bonchev–Trinajstić information content (AvgIpc) is 2.59. The van der Waals surface area contributed by atoms with Crippen LogP contribution in [0.1, 0.15) is 32.1 Å². The van der Waals surface area contributed by atoms with Gasteiger partial charge in [0.05, 0.1) is 0 Å². The van der Waals surface area contributed by atoms with Crippen LogP contribution < -0.4 is 0 Å². The van der Waals surface area contributed by atoms with E-state index in [9.17, 15) is 74.6 Å². The molecule has 194 valence electrons. The molecule has 0 saturated heterocycles. The van der Waals surface area contributed by atoms with E-state index in [0.29, 0.717) is 0 Å². The van der Waals surface area contributed by atoms with E-state index in [4.69, 9.17) is 0 Å². The van der Waals surface area contributed by atoms with Crippen LogP contribution in [0.25, 0.3) is 0 Å². The fourth-order valence-corrected chi connectivity index (χ4v) is 2.39. The Balaban J connectivity index is 6.25. The van der Waals surface area contributed by atoms with Crippen LogP contribution in [0.2, 0.25) is 0 Å². The van der Waals surface area contributed by atoms with Crippen molar-refractivity contribution in [2.75, 3.05) is 5.75 Å². The van der Waals surface area contributed by atoms with Gasteiger partial charge in [-0.3, -0.25) is 0 Å². The number of alkyl halides is 17. The Labute approximate surface area is 173 Å². The minimum absolute atomic E-state index is 0.00543. The van der Waals surface area contributed by atoms with Crippen molar-refractivity contribution in [3.63, 3.8) is 0 Å². The largest absolute Gasteiger partial charge is 0.460 e. The summed E-state index contributed by atoms with van der Waals surface area (Å²) in [4.78, 5) is 0. The van der Waals surface area contributed by atoms with Crippen LogP contribution in [-0.4, -0.2) is 53.4 Å². The second-order valence-corrected chi connectivity index (χ2v) is 6.98. The summed E-state index contributed by atoms with van der Waals surface area (Å²) in [6.45, 7) is 0. The lowest BCUT2D eigenvalue weighted by atomic mass is 9.88. The van der Waals surface area contributed by atoms with Crippen molar-refractivity contribution in [3.8, 4) is 0 Å². The van der Waals surface area contributed by atoms with E-state index in [2.05, 4.69) is 12.6 Å². The zero-order chi connectivity index (χ0) is 26.2. The predicted molar refractivity (Wildman–Crippen MR) is 77.6 cm³/mol. The van der Waals surface area contributed by atoms with Gasteiger partial charge in [0.25, 0.3) is 0 Å². The molecular formula is C14H13F17S. The summed E-state index contributed by atoms with van der Waals surface area (Å²) in [5.74, 6) is -55.6. The standard InChI is InChI=1S/C14H13F17S/c15-7(16,5-3-1-2-4-6-32)8(17,18)9(19,20)10(21,22)11(23,24)12(25,26)13(27,28)14(29,30)31/h32H,1-6H2. The topological polar surface area (TPSA) is 0 Å². The van der Waals surface area contributed by atoms with E-state index >= 15 is 0 Å². The normalized spacial score (nSPS) is 15.9. The van der Waals surface area contributed by atoms with Crippen LogP contribution in [-0.2, 0) is 0 Å². The molecular weight excluding hydrogens is 523 g/mol. The smallest absolute Gasteiger partial charge is 0.200 e. The quantitative estimate of drug-likeness (QED) is 0.147. The van der Waals surface area contributed by atoms with Crippen LogP contribution in [0.5, 0.6) is 0 Å². The first kappa shape index (κ1) is 31.2. The molecule has 0 bridgehead atoms. The second kappa shape index (κ2) is 9.07. The first-order chi connectivity index (χ1) is 13.8. The Hall–Kier alpha value is -0.840. The molecule has 0 nitrogen and oxygen atoms in total. The van der Waals surface area contributed by atoms with Gasteiger partial charge in [0.2, 0.25) is 0 Å². The minimum Gasteiger partial charge on any atom is -0.200 e. The molecule has 0 heterocycles. The van der Waals surface area contributed by atoms with Crippen molar-refractivity contribution in [2.24, 2.45) is 0 Å². The SMILES string of the molecule is FC(F)(F)C(F)(F)C(F)(F)C(F)(F)C(F)(F)C(F)(F)C(F)(F)C(F)(F)CCCCCCS. The Bertz CT molecular complexity index is 621. The summed E-state index contributed by atoms with van der Waals surface area (Å²) < 4.78 is 222. The van der Waals surface area contributed by atoms with Gasteiger partial charge in [0.15, 0.2) is 0 Å². The van der Waals surface area contributed by atoms with Gasteiger partial charge >= 0.3 is 47.6 Å². The van der Waals surface area contributed by atoms with Gasteiger partial charge in [-0.2, -0.15) is 87.3 Å². The number of hydrogen-bond donors (Lipinski definition) is 1. The molecule has 0 aromatic carbocycles. The van der Waals surface area contributed by atoms with E-state index < -0.39 is 66.9 Å². The third-order valence-corrected chi connectivity index (χ3v) is 4.50. The van der Waals surface area contributed by atoms with Crippen LogP contribution in [0.3, 0.4) is 0 Å². The molecule has 0 spiro atoms. The zero-order valence-electron chi connectivity index (χ0n) is 15.1. The molecule has 0 N–H and O–H groups in total. The number of unbranched alkanes of at least 4 members (excludes halogenated alkanes) is 3. The summed E-state index contributed by atoms with van der Waals surface area (Å²) in [6.07, 6.45) is -11.4. The summed E-state index contributed by atoms with van der Waals surface area (Å²) >= 11 is 3.68. The van der Waals surface area contributed by atoms with Crippen molar-refractivity contribution < 1.29 is 74.6 Å². The molecule has 0 aromatic rings.